The fraction of sp³-hybridized carbons (Fsp3) is 0.0625. The van der Waals surface area contributed by atoms with Gasteiger partial charge >= 0.3 is 0 Å². The van der Waals surface area contributed by atoms with Gasteiger partial charge in [0.15, 0.2) is 0 Å². The third-order valence-electron chi connectivity index (χ3n) is 3.14. The zero-order valence-electron chi connectivity index (χ0n) is 10.8. The second-order valence-corrected chi connectivity index (χ2v) is 5.36. The summed E-state index contributed by atoms with van der Waals surface area (Å²) < 4.78 is 1.69. The smallest absolute Gasteiger partial charge is 0.133 e. The molecule has 0 bridgehead atoms. The van der Waals surface area contributed by atoms with Gasteiger partial charge in [0.2, 0.25) is 0 Å². The van der Waals surface area contributed by atoms with Gasteiger partial charge in [0.1, 0.15) is 5.15 Å². The predicted octanol–water partition coefficient (Wildman–Crippen LogP) is 5.15. The number of hydrogen-bond acceptors (Lipinski definition) is 1. The average Bonchev–Trinajstić information content (AvgIpc) is 2.85. The molecule has 0 aliphatic heterocycles. The van der Waals surface area contributed by atoms with Crippen LogP contribution in [0.4, 0.5) is 0 Å². The maximum Gasteiger partial charge on any atom is 0.133 e. The molecule has 0 spiro atoms. The van der Waals surface area contributed by atoms with E-state index >= 15 is 0 Å². The third-order valence-corrected chi connectivity index (χ3v) is 3.81. The molecule has 0 fully saturated rings. The maximum atomic E-state index is 6.28. The van der Waals surface area contributed by atoms with Crippen LogP contribution in [0.3, 0.4) is 0 Å². The Morgan fingerprint density at radius 3 is 2.40 bits per heavy atom. The van der Waals surface area contributed by atoms with Gasteiger partial charge in [-0.1, -0.05) is 59.6 Å². The molecule has 1 aromatic heterocycles. The minimum absolute atomic E-state index is 0.559. The summed E-state index contributed by atoms with van der Waals surface area (Å²) in [7, 11) is 0. The molecular formula is C16H12Cl2N2. The molecule has 4 heteroatoms. The van der Waals surface area contributed by atoms with Crippen molar-refractivity contribution < 1.29 is 0 Å². The quantitative estimate of drug-likeness (QED) is 0.640. The summed E-state index contributed by atoms with van der Waals surface area (Å²) in [5, 5.41) is 5.81. The number of hydrogen-bond donors (Lipinski definition) is 0. The molecule has 2 nitrogen and oxygen atoms in total. The first-order valence-corrected chi connectivity index (χ1v) is 6.98. The topological polar surface area (TPSA) is 17.8 Å². The van der Waals surface area contributed by atoms with Crippen molar-refractivity contribution >= 4 is 23.2 Å². The summed E-state index contributed by atoms with van der Waals surface area (Å²) in [4.78, 5) is 0. The minimum Gasteiger partial charge on any atom is -0.222 e. The van der Waals surface area contributed by atoms with Crippen LogP contribution in [0, 0.1) is 6.92 Å². The Balaban J connectivity index is 2.07. The van der Waals surface area contributed by atoms with Gasteiger partial charge < -0.3 is 0 Å². The van der Waals surface area contributed by atoms with E-state index in [1.165, 1.54) is 0 Å². The lowest BCUT2D eigenvalue weighted by Gasteiger charge is -2.05. The van der Waals surface area contributed by atoms with Gasteiger partial charge in [0.05, 0.1) is 11.4 Å². The van der Waals surface area contributed by atoms with E-state index < -0.39 is 0 Å². The Morgan fingerprint density at radius 2 is 1.70 bits per heavy atom. The van der Waals surface area contributed by atoms with E-state index in [9.17, 15) is 0 Å². The van der Waals surface area contributed by atoms with Gasteiger partial charge in [-0.05, 0) is 24.6 Å². The molecule has 0 N–H and O–H groups in total. The van der Waals surface area contributed by atoms with Gasteiger partial charge in [0.25, 0.3) is 0 Å². The van der Waals surface area contributed by atoms with Crippen LogP contribution in [0.15, 0.2) is 54.6 Å². The first kappa shape index (κ1) is 13.2. The van der Waals surface area contributed by atoms with E-state index in [-0.39, 0.29) is 0 Å². The van der Waals surface area contributed by atoms with Crippen LogP contribution in [0.1, 0.15) is 5.56 Å². The molecule has 100 valence electrons. The second-order valence-electron chi connectivity index (χ2n) is 4.56. The molecule has 0 aliphatic carbocycles. The van der Waals surface area contributed by atoms with Crippen LogP contribution in [-0.4, -0.2) is 9.78 Å². The summed E-state index contributed by atoms with van der Waals surface area (Å²) in [6.45, 7) is 1.96. The lowest BCUT2D eigenvalue weighted by molar-refractivity contribution is 0.884. The van der Waals surface area contributed by atoms with Crippen LogP contribution >= 0.6 is 23.2 Å². The van der Waals surface area contributed by atoms with E-state index in [0.717, 1.165) is 22.5 Å². The van der Waals surface area contributed by atoms with E-state index in [1.54, 1.807) is 4.68 Å². The molecule has 0 radical (unpaired) electrons. The molecule has 0 aliphatic rings. The molecule has 0 saturated heterocycles. The van der Waals surface area contributed by atoms with E-state index in [1.807, 2.05) is 61.5 Å². The zero-order chi connectivity index (χ0) is 14.1. The molecule has 1 heterocycles. The number of rotatable bonds is 2. The van der Waals surface area contributed by atoms with Crippen molar-refractivity contribution in [1.82, 2.24) is 9.78 Å². The van der Waals surface area contributed by atoms with Crippen molar-refractivity contribution in [3.63, 3.8) is 0 Å². The Hall–Kier alpha value is -1.77. The van der Waals surface area contributed by atoms with Gasteiger partial charge in [-0.25, -0.2) is 4.68 Å². The lowest BCUT2D eigenvalue weighted by Crippen LogP contribution is -1.97. The molecular weight excluding hydrogens is 291 g/mol. The molecule has 0 amide bonds. The SMILES string of the molecule is Cc1ccc(-n2nc(-c3ccccc3)cc2Cl)cc1Cl. The standard InChI is InChI=1S/C16H12Cl2N2/c1-11-7-8-13(9-14(11)17)20-16(18)10-15(19-20)12-5-3-2-4-6-12/h2-10H,1H3. The molecule has 0 unspecified atom stereocenters. The summed E-state index contributed by atoms with van der Waals surface area (Å²) >= 11 is 12.4. The van der Waals surface area contributed by atoms with Crippen molar-refractivity contribution in [1.29, 1.82) is 0 Å². The summed E-state index contributed by atoms with van der Waals surface area (Å²) in [5.41, 5.74) is 3.76. The highest BCUT2D eigenvalue weighted by Crippen LogP contribution is 2.26. The largest absolute Gasteiger partial charge is 0.222 e. The normalized spacial score (nSPS) is 10.8. The van der Waals surface area contributed by atoms with Gasteiger partial charge in [-0.15, -0.1) is 0 Å². The number of nitrogens with zero attached hydrogens (tertiary/aromatic N) is 2. The van der Waals surface area contributed by atoms with Crippen molar-refractivity contribution in [2.75, 3.05) is 0 Å². The minimum atomic E-state index is 0.559. The molecule has 2 aromatic carbocycles. The highest BCUT2D eigenvalue weighted by Gasteiger charge is 2.10. The maximum absolute atomic E-state index is 6.28. The monoisotopic (exact) mass is 302 g/mol. The van der Waals surface area contributed by atoms with Gasteiger partial charge in [0, 0.05) is 16.7 Å². The Bertz CT molecular complexity index is 748. The lowest BCUT2D eigenvalue weighted by atomic mass is 10.2. The van der Waals surface area contributed by atoms with Crippen molar-refractivity contribution in [3.05, 3.63) is 70.3 Å². The molecule has 20 heavy (non-hydrogen) atoms. The summed E-state index contributed by atoms with van der Waals surface area (Å²) in [6, 6.07) is 17.6. The molecule has 3 aromatic rings. The summed E-state index contributed by atoms with van der Waals surface area (Å²) in [5.74, 6) is 0. The number of aromatic nitrogens is 2. The summed E-state index contributed by atoms with van der Waals surface area (Å²) in [6.07, 6.45) is 0. The fourth-order valence-corrected chi connectivity index (χ4v) is 2.42. The van der Waals surface area contributed by atoms with Crippen LogP contribution in [0.25, 0.3) is 16.9 Å². The highest BCUT2D eigenvalue weighted by molar-refractivity contribution is 6.31. The van der Waals surface area contributed by atoms with Crippen LogP contribution in [0.5, 0.6) is 0 Å². The Labute approximate surface area is 127 Å². The fourth-order valence-electron chi connectivity index (χ4n) is 2.00. The van der Waals surface area contributed by atoms with Crippen LogP contribution in [0.2, 0.25) is 10.2 Å². The van der Waals surface area contributed by atoms with Crippen LogP contribution < -0.4 is 0 Å². The van der Waals surface area contributed by atoms with E-state index in [0.29, 0.717) is 10.2 Å². The first-order chi connectivity index (χ1) is 9.65. The second kappa shape index (κ2) is 5.31. The van der Waals surface area contributed by atoms with E-state index in [4.69, 9.17) is 23.2 Å². The Morgan fingerprint density at radius 1 is 0.950 bits per heavy atom. The predicted molar refractivity (Wildman–Crippen MR) is 83.8 cm³/mol. The number of halogens is 2. The van der Waals surface area contributed by atoms with Crippen molar-refractivity contribution in [2.24, 2.45) is 0 Å². The molecule has 0 saturated carbocycles. The highest BCUT2D eigenvalue weighted by atomic mass is 35.5. The first-order valence-electron chi connectivity index (χ1n) is 6.22. The third kappa shape index (κ3) is 2.45. The Kier molecular flexibility index (Phi) is 3.51. The number of benzene rings is 2. The van der Waals surface area contributed by atoms with Crippen LogP contribution in [-0.2, 0) is 0 Å². The molecule has 3 rings (SSSR count). The van der Waals surface area contributed by atoms with Gasteiger partial charge in [-0.2, -0.15) is 5.10 Å². The molecule has 0 atom stereocenters. The van der Waals surface area contributed by atoms with Crippen molar-refractivity contribution in [3.8, 4) is 16.9 Å². The van der Waals surface area contributed by atoms with Gasteiger partial charge in [-0.3, -0.25) is 0 Å². The number of aryl methyl sites for hydroxylation is 1. The van der Waals surface area contributed by atoms with Crippen molar-refractivity contribution in [2.45, 2.75) is 6.92 Å². The van der Waals surface area contributed by atoms with E-state index in [2.05, 4.69) is 5.10 Å². The zero-order valence-corrected chi connectivity index (χ0v) is 12.4. The average molecular weight is 303 g/mol.